The van der Waals surface area contributed by atoms with Crippen molar-refractivity contribution >= 4 is 27.0 Å². The number of carbonyl (C=O) groups is 1. The highest BCUT2D eigenvalue weighted by atomic mass is 32.2. The summed E-state index contributed by atoms with van der Waals surface area (Å²) in [5.41, 5.74) is -1.18. The van der Waals surface area contributed by atoms with E-state index in [4.69, 9.17) is 0 Å². The Morgan fingerprint density at radius 3 is 2.56 bits per heavy atom. The highest BCUT2D eigenvalue weighted by Gasteiger charge is 2.26. The molecule has 3 N–H and O–H groups in total. The van der Waals surface area contributed by atoms with E-state index in [0.29, 0.717) is 12.1 Å². The summed E-state index contributed by atoms with van der Waals surface area (Å²) in [5, 5.41) is 0. The van der Waals surface area contributed by atoms with E-state index in [1.807, 2.05) is 6.92 Å². The van der Waals surface area contributed by atoms with Crippen molar-refractivity contribution in [1.82, 2.24) is 19.6 Å². The van der Waals surface area contributed by atoms with Crippen molar-refractivity contribution in [2.45, 2.75) is 30.7 Å². The number of aromatic amines is 2. The van der Waals surface area contributed by atoms with E-state index in [0.717, 1.165) is 12.8 Å². The average molecular weight is 366 g/mol. The fourth-order valence-corrected chi connectivity index (χ4v) is 3.91. The Morgan fingerprint density at radius 2 is 1.92 bits per heavy atom. The predicted octanol–water partition coefficient (Wildman–Crippen LogP) is -0.494. The number of nitrogens with zero attached hydrogens (tertiary/aromatic N) is 1. The quantitative estimate of drug-likeness (QED) is 0.628. The molecule has 1 saturated heterocycles. The first-order chi connectivity index (χ1) is 11.8. The summed E-state index contributed by atoms with van der Waals surface area (Å²) in [7, 11) is -3.93. The minimum Gasteiger partial charge on any atom is -0.339 e. The molecule has 2 heterocycles. The van der Waals surface area contributed by atoms with Gasteiger partial charge in [0.2, 0.25) is 15.9 Å². The summed E-state index contributed by atoms with van der Waals surface area (Å²) in [6.07, 6.45) is 1.82. The number of aromatic nitrogens is 2. The van der Waals surface area contributed by atoms with Gasteiger partial charge >= 0.3 is 11.1 Å². The highest BCUT2D eigenvalue weighted by Crippen LogP contribution is 2.17. The molecule has 2 aromatic rings. The van der Waals surface area contributed by atoms with Crippen LogP contribution in [-0.4, -0.2) is 48.3 Å². The lowest BCUT2D eigenvalue weighted by Gasteiger charge is -2.21. The van der Waals surface area contributed by atoms with Crippen LogP contribution in [0.1, 0.15) is 19.8 Å². The van der Waals surface area contributed by atoms with Crippen molar-refractivity contribution in [3.05, 3.63) is 38.9 Å². The maximum absolute atomic E-state index is 12.4. The van der Waals surface area contributed by atoms with Crippen LogP contribution in [0.4, 0.5) is 0 Å². The normalized spacial score (nSPS) is 18.0. The van der Waals surface area contributed by atoms with Crippen molar-refractivity contribution in [2.24, 2.45) is 0 Å². The van der Waals surface area contributed by atoms with Crippen molar-refractivity contribution in [3.63, 3.8) is 0 Å². The lowest BCUT2D eigenvalue weighted by molar-refractivity contribution is -0.130. The van der Waals surface area contributed by atoms with Crippen LogP contribution in [0.3, 0.4) is 0 Å². The molecule has 0 spiro atoms. The summed E-state index contributed by atoms with van der Waals surface area (Å²) in [5.74, 6) is -0.271. The van der Waals surface area contributed by atoms with Crippen molar-refractivity contribution in [3.8, 4) is 0 Å². The number of amides is 1. The average Bonchev–Trinajstić information content (AvgIpc) is 2.99. The second kappa shape index (κ2) is 6.45. The Hall–Kier alpha value is -2.46. The van der Waals surface area contributed by atoms with Gasteiger partial charge in [0.05, 0.1) is 22.5 Å². The molecule has 1 aromatic heterocycles. The third kappa shape index (κ3) is 3.49. The smallest absolute Gasteiger partial charge is 0.314 e. The molecule has 0 radical (unpaired) electrons. The molecule has 0 bridgehead atoms. The second-order valence-corrected chi connectivity index (χ2v) is 7.79. The van der Waals surface area contributed by atoms with Crippen LogP contribution in [0.5, 0.6) is 0 Å². The molecule has 0 saturated carbocycles. The van der Waals surface area contributed by atoms with Crippen LogP contribution in [0.15, 0.2) is 32.7 Å². The SMILES string of the molecule is C[C@H]1CCCN1C(=O)CNS(=O)(=O)c1ccc2[nH]c(=O)c(=O)[nH]c2c1. The third-order valence-corrected chi connectivity index (χ3v) is 5.69. The molecule has 0 aliphatic carbocycles. The van der Waals surface area contributed by atoms with Gasteiger partial charge in [-0.05, 0) is 38.0 Å². The number of H-pyrrole nitrogens is 2. The number of fused-ring (bicyclic) bond motifs is 1. The van der Waals surface area contributed by atoms with Crippen LogP contribution in [-0.2, 0) is 14.8 Å². The summed E-state index contributed by atoms with van der Waals surface area (Å²) in [6, 6.07) is 4.02. The monoisotopic (exact) mass is 366 g/mol. The largest absolute Gasteiger partial charge is 0.339 e. The fourth-order valence-electron chi connectivity index (χ4n) is 2.91. The molecule has 1 amide bonds. The van der Waals surface area contributed by atoms with E-state index in [9.17, 15) is 22.8 Å². The van der Waals surface area contributed by atoms with Crippen LogP contribution in [0.25, 0.3) is 11.0 Å². The third-order valence-electron chi connectivity index (χ3n) is 4.29. The van der Waals surface area contributed by atoms with E-state index in [1.54, 1.807) is 4.90 Å². The van der Waals surface area contributed by atoms with Crippen LogP contribution in [0.2, 0.25) is 0 Å². The number of nitrogens with one attached hydrogen (secondary N) is 3. The first-order valence-electron chi connectivity index (χ1n) is 7.83. The molecule has 1 fully saturated rings. The number of benzene rings is 1. The lowest BCUT2D eigenvalue weighted by Crippen LogP contribution is -2.41. The van der Waals surface area contributed by atoms with Gasteiger partial charge in [0, 0.05) is 12.6 Å². The van der Waals surface area contributed by atoms with Gasteiger partial charge in [0.15, 0.2) is 0 Å². The zero-order chi connectivity index (χ0) is 18.2. The minimum atomic E-state index is -3.93. The van der Waals surface area contributed by atoms with E-state index in [-0.39, 0.29) is 28.9 Å². The van der Waals surface area contributed by atoms with Gasteiger partial charge in [-0.3, -0.25) is 14.4 Å². The van der Waals surface area contributed by atoms with E-state index in [2.05, 4.69) is 14.7 Å². The fraction of sp³-hybridized carbons (Fsp3) is 0.400. The van der Waals surface area contributed by atoms with Crippen molar-refractivity contribution in [1.29, 1.82) is 0 Å². The number of sulfonamides is 1. The van der Waals surface area contributed by atoms with E-state index < -0.39 is 21.1 Å². The first-order valence-corrected chi connectivity index (χ1v) is 9.32. The lowest BCUT2D eigenvalue weighted by atomic mass is 10.2. The predicted molar refractivity (Wildman–Crippen MR) is 90.8 cm³/mol. The van der Waals surface area contributed by atoms with Gasteiger partial charge in [-0.15, -0.1) is 0 Å². The molecule has 1 aliphatic rings. The van der Waals surface area contributed by atoms with Gasteiger partial charge in [0.1, 0.15) is 0 Å². The molecule has 3 rings (SSSR count). The van der Waals surface area contributed by atoms with Gasteiger partial charge < -0.3 is 14.9 Å². The maximum Gasteiger partial charge on any atom is 0.314 e. The van der Waals surface area contributed by atoms with Crippen molar-refractivity contribution < 1.29 is 13.2 Å². The van der Waals surface area contributed by atoms with Gasteiger partial charge in [0.25, 0.3) is 0 Å². The summed E-state index contributed by atoms with van der Waals surface area (Å²) < 4.78 is 27.0. The van der Waals surface area contributed by atoms with Crippen LogP contribution >= 0.6 is 0 Å². The molecule has 9 nitrogen and oxygen atoms in total. The molecule has 0 unspecified atom stereocenters. The van der Waals surface area contributed by atoms with Gasteiger partial charge in [-0.1, -0.05) is 0 Å². The summed E-state index contributed by atoms with van der Waals surface area (Å²) in [4.78, 5) is 41.0. The Kier molecular flexibility index (Phi) is 4.48. The zero-order valence-corrected chi connectivity index (χ0v) is 14.4. The highest BCUT2D eigenvalue weighted by molar-refractivity contribution is 7.89. The first kappa shape index (κ1) is 17.4. The summed E-state index contributed by atoms with van der Waals surface area (Å²) in [6.45, 7) is 2.24. The second-order valence-electron chi connectivity index (χ2n) is 6.02. The number of hydrogen-bond acceptors (Lipinski definition) is 5. The molecular formula is C15H18N4O5S. The van der Waals surface area contributed by atoms with Crippen molar-refractivity contribution in [2.75, 3.05) is 13.1 Å². The number of carbonyl (C=O) groups excluding carboxylic acids is 1. The van der Waals surface area contributed by atoms with E-state index >= 15 is 0 Å². The van der Waals surface area contributed by atoms with E-state index in [1.165, 1.54) is 18.2 Å². The molecule has 10 heteroatoms. The Balaban J connectivity index is 1.81. The maximum atomic E-state index is 12.4. The minimum absolute atomic E-state index is 0.107. The standard InChI is InChI=1S/C15H18N4O5S/c1-9-3-2-6-19(9)13(20)8-16-25(23,24)10-4-5-11-12(7-10)18-15(22)14(21)17-11/h4-5,7,9,16H,2-3,6,8H2,1H3,(H,17,21)(H,18,22)/t9-/m0/s1. The van der Waals surface area contributed by atoms with Crippen LogP contribution in [0, 0.1) is 0 Å². The zero-order valence-electron chi connectivity index (χ0n) is 13.5. The number of hydrogen-bond donors (Lipinski definition) is 3. The van der Waals surface area contributed by atoms with Crippen LogP contribution < -0.4 is 15.8 Å². The summed E-state index contributed by atoms with van der Waals surface area (Å²) >= 11 is 0. The molecule has 134 valence electrons. The Bertz CT molecular complexity index is 1040. The molecule has 1 aromatic carbocycles. The Labute approximate surface area is 143 Å². The molecule has 1 atom stereocenters. The Morgan fingerprint density at radius 1 is 1.24 bits per heavy atom. The van der Waals surface area contributed by atoms with Gasteiger partial charge in [-0.25, -0.2) is 13.1 Å². The topological polar surface area (TPSA) is 132 Å². The number of likely N-dealkylation sites (tertiary alicyclic amines) is 1. The molecule has 25 heavy (non-hydrogen) atoms. The number of rotatable bonds is 4. The molecule has 1 aliphatic heterocycles. The molecular weight excluding hydrogens is 348 g/mol. The van der Waals surface area contributed by atoms with Gasteiger partial charge in [-0.2, -0.15) is 0 Å².